The van der Waals surface area contributed by atoms with Crippen LogP contribution in [0.5, 0.6) is 0 Å². The third-order valence-electron chi connectivity index (χ3n) is 4.50. The largest absolute Gasteiger partial charge is 0.481 e. The molecule has 20 heavy (non-hydrogen) atoms. The monoisotopic (exact) mass is 276 g/mol. The summed E-state index contributed by atoms with van der Waals surface area (Å²) in [6.45, 7) is 1.88. The van der Waals surface area contributed by atoms with Gasteiger partial charge in [0.1, 0.15) is 0 Å². The molecule has 1 aliphatic rings. The van der Waals surface area contributed by atoms with E-state index < -0.39 is 12.1 Å². The van der Waals surface area contributed by atoms with Crippen molar-refractivity contribution in [1.82, 2.24) is 0 Å². The Bertz CT molecular complexity index is 432. The van der Waals surface area contributed by atoms with E-state index in [-0.39, 0.29) is 12.3 Å². The van der Waals surface area contributed by atoms with Crippen LogP contribution < -0.4 is 0 Å². The molecule has 0 heterocycles. The Balaban J connectivity index is 2.01. The third kappa shape index (κ3) is 3.83. The second kappa shape index (κ2) is 6.89. The third-order valence-corrected chi connectivity index (χ3v) is 4.50. The maximum atomic E-state index is 10.6. The molecule has 3 heteroatoms. The van der Waals surface area contributed by atoms with Gasteiger partial charge in [-0.3, -0.25) is 4.79 Å². The van der Waals surface area contributed by atoms with Gasteiger partial charge in [-0.2, -0.15) is 0 Å². The van der Waals surface area contributed by atoms with Crippen molar-refractivity contribution >= 4 is 5.97 Å². The van der Waals surface area contributed by atoms with Gasteiger partial charge in [0.25, 0.3) is 0 Å². The van der Waals surface area contributed by atoms with Crippen LogP contribution in [0.3, 0.4) is 0 Å². The lowest BCUT2D eigenvalue weighted by Gasteiger charge is -2.23. The van der Waals surface area contributed by atoms with Crippen molar-refractivity contribution < 1.29 is 15.0 Å². The van der Waals surface area contributed by atoms with Crippen LogP contribution in [-0.2, 0) is 4.79 Å². The fourth-order valence-corrected chi connectivity index (χ4v) is 3.09. The van der Waals surface area contributed by atoms with E-state index in [2.05, 4.69) is 12.1 Å². The molecular formula is C17H24O3. The van der Waals surface area contributed by atoms with Crippen LogP contribution >= 0.6 is 0 Å². The number of carboxylic acid groups (broad SMARTS) is 1. The molecule has 0 aliphatic heterocycles. The molecule has 1 fully saturated rings. The molecule has 0 spiro atoms. The molecule has 0 saturated heterocycles. The molecule has 2 rings (SSSR count). The number of carboxylic acids is 1. The fourth-order valence-electron chi connectivity index (χ4n) is 3.09. The van der Waals surface area contributed by atoms with Gasteiger partial charge >= 0.3 is 5.97 Å². The maximum Gasteiger partial charge on any atom is 0.305 e. The van der Waals surface area contributed by atoms with Crippen LogP contribution in [0.25, 0.3) is 0 Å². The molecule has 1 aliphatic carbocycles. The van der Waals surface area contributed by atoms with Gasteiger partial charge in [0.05, 0.1) is 12.5 Å². The summed E-state index contributed by atoms with van der Waals surface area (Å²) < 4.78 is 0. The van der Waals surface area contributed by atoms with Gasteiger partial charge in [-0.05, 0) is 29.9 Å². The quantitative estimate of drug-likeness (QED) is 0.862. The summed E-state index contributed by atoms with van der Waals surface area (Å²) in [4.78, 5) is 10.6. The fraction of sp³-hybridized carbons (Fsp3) is 0.588. The molecule has 1 aromatic carbocycles. The Hall–Kier alpha value is -1.35. The zero-order valence-corrected chi connectivity index (χ0v) is 12.1. The lowest BCUT2D eigenvalue weighted by molar-refractivity contribution is -0.139. The lowest BCUT2D eigenvalue weighted by Crippen LogP contribution is -2.19. The van der Waals surface area contributed by atoms with Gasteiger partial charge in [-0.1, -0.05) is 50.5 Å². The highest BCUT2D eigenvalue weighted by molar-refractivity contribution is 5.67. The van der Waals surface area contributed by atoms with E-state index in [0.29, 0.717) is 5.92 Å². The van der Waals surface area contributed by atoms with Gasteiger partial charge in [0.15, 0.2) is 0 Å². The number of carbonyl (C=O) groups is 1. The van der Waals surface area contributed by atoms with Crippen molar-refractivity contribution in [3.05, 3.63) is 35.4 Å². The second-order valence-electron chi connectivity index (χ2n) is 5.96. The van der Waals surface area contributed by atoms with Gasteiger partial charge in [0.2, 0.25) is 0 Å². The highest BCUT2D eigenvalue weighted by Crippen LogP contribution is 2.33. The van der Waals surface area contributed by atoms with Gasteiger partial charge in [-0.25, -0.2) is 0 Å². The number of aliphatic hydroxyl groups excluding tert-OH is 1. The van der Waals surface area contributed by atoms with E-state index in [0.717, 1.165) is 5.56 Å². The van der Waals surface area contributed by atoms with Crippen molar-refractivity contribution in [2.45, 2.75) is 63.4 Å². The second-order valence-corrected chi connectivity index (χ2v) is 5.96. The molecule has 1 saturated carbocycles. The Morgan fingerprint density at radius 3 is 2.35 bits per heavy atom. The lowest BCUT2D eigenvalue weighted by atomic mass is 9.83. The average molecular weight is 276 g/mol. The van der Waals surface area contributed by atoms with Crippen LogP contribution in [0.2, 0.25) is 0 Å². The maximum absolute atomic E-state index is 10.6. The summed E-state index contributed by atoms with van der Waals surface area (Å²) in [6.07, 6.45) is 5.51. The number of hydrogen-bond acceptors (Lipinski definition) is 2. The van der Waals surface area contributed by atoms with Gasteiger partial charge in [-0.15, -0.1) is 0 Å². The smallest absolute Gasteiger partial charge is 0.305 e. The molecule has 1 aromatic rings. The van der Waals surface area contributed by atoms with E-state index in [1.54, 1.807) is 0 Å². The first-order chi connectivity index (χ1) is 9.58. The zero-order chi connectivity index (χ0) is 14.5. The molecule has 0 amide bonds. The first-order valence-electron chi connectivity index (χ1n) is 7.57. The topological polar surface area (TPSA) is 57.5 Å². The number of benzene rings is 1. The Morgan fingerprint density at radius 1 is 1.20 bits per heavy atom. The summed E-state index contributed by atoms with van der Waals surface area (Å²) in [5.41, 5.74) is 2.40. The Labute approximate surface area is 120 Å². The van der Waals surface area contributed by atoms with E-state index in [9.17, 15) is 9.90 Å². The first kappa shape index (κ1) is 15.0. The standard InChI is InChI=1S/C17H24O3/c1-12(16(18)11-17(19)20)13-7-9-15(10-8-13)14-5-3-2-4-6-14/h7-10,12,14,16,18H,2-6,11H2,1H3,(H,19,20). The number of aliphatic hydroxyl groups is 1. The molecule has 0 aromatic heterocycles. The minimum atomic E-state index is -0.955. The minimum absolute atomic E-state index is 0.147. The molecule has 0 radical (unpaired) electrons. The SMILES string of the molecule is CC(c1ccc(C2CCCCC2)cc1)C(O)CC(=O)O. The Morgan fingerprint density at radius 2 is 1.80 bits per heavy atom. The van der Waals surface area contributed by atoms with Crippen molar-refractivity contribution in [1.29, 1.82) is 0 Å². The summed E-state index contributed by atoms with van der Waals surface area (Å²) in [5, 5.41) is 18.6. The summed E-state index contributed by atoms with van der Waals surface area (Å²) in [6, 6.07) is 8.38. The first-order valence-corrected chi connectivity index (χ1v) is 7.57. The Kier molecular flexibility index (Phi) is 5.18. The van der Waals surface area contributed by atoms with Crippen LogP contribution in [0.15, 0.2) is 24.3 Å². The highest BCUT2D eigenvalue weighted by Gasteiger charge is 2.20. The van der Waals surface area contributed by atoms with Crippen molar-refractivity contribution in [3.63, 3.8) is 0 Å². The molecule has 2 atom stereocenters. The van der Waals surface area contributed by atoms with E-state index >= 15 is 0 Å². The molecule has 2 N–H and O–H groups in total. The molecular weight excluding hydrogens is 252 g/mol. The summed E-state index contributed by atoms with van der Waals surface area (Å²) in [7, 11) is 0. The predicted octanol–water partition coefficient (Wildman–Crippen LogP) is 3.67. The van der Waals surface area contributed by atoms with Gasteiger partial charge < -0.3 is 10.2 Å². The highest BCUT2D eigenvalue weighted by atomic mass is 16.4. The number of hydrogen-bond donors (Lipinski definition) is 2. The van der Waals surface area contributed by atoms with Crippen molar-refractivity contribution in [2.75, 3.05) is 0 Å². The molecule has 2 unspecified atom stereocenters. The van der Waals surface area contributed by atoms with Crippen LogP contribution in [0.4, 0.5) is 0 Å². The molecule has 110 valence electrons. The van der Waals surface area contributed by atoms with Crippen LogP contribution in [-0.4, -0.2) is 22.3 Å². The van der Waals surface area contributed by atoms with E-state index in [4.69, 9.17) is 5.11 Å². The minimum Gasteiger partial charge on any atom is -0.481 e. The molecule has 0 bridgehead atoms. The van der Waals surface area contributed by atoms with Crippen molar-refractivity contribution in [3.8, 4) is 0 Å². The predicted molar refractivity (Wildman–Crippen MR) is 78.9 cm³/mol. The molecule has 3 nitrogen and oxygen atoms in total. The normalized spacial score (nSPS) is 19.5. The van der Waals surface area contributed by atoms with Gasteiger partial charge in [0, 0.05) is 5.92 Å². The number of aliphatic carboxylic acids is 1. The zero-order valence-electron chi connectivity index (χ0n) is 12.1. The number of rotatable bonds is 5. The van der Waals surface area contributed by atoms with E-state index in [1.807, 2.05) is 19.1 Å². The summed E-state index contributed by atoms with van der Waals surface area (Å²) >= 11 is 0. The summed E-state index contributed by atoms with van der Waals surface area (Å²) in [5.74, 6) is -0.424. The van der Waals surface area contributed by atoms with E-state index in [1.165, 1.54) is 37.7 Å². The van der Waals surface area contributed by atoms with Crippen LogP contribution in [0.1, 0.15) is 68.4 Å². The average Bonchev–Trinajstić information content (AvgIpc) is 2.47. The van der Waals surface area contributed by atoms with Crippen LogP contribution in [0, 0.1) is 0 Å². The van der Waals surface area contributed by atoms with Crippen molar-refractivity contribution in [2.24, 2.45) is 0 Å².